The highest BCUT2D eigenvalue weighted by molar-refractivity contribution is 7.16. The van der Waals surface area contributed by atoms with Crippen LogP contribution in [0.4, 0.5) is 0 Å². The van der Waals surface area contributed by atoms with Gasteiger partial charge in [-0.15, -0.1) is 11.3 Å². The van der Waals surface area contributed by atoms with Crippen molar-refractivity contribution in [3.05, 3.63) is 21.3 Å². The monoisotopic (exact) mass is 312 g/mol. The Kier molecular flexibility index (Phi) is 4.34. The summed E-state index contributed by atoms with van der Waals surface area (Å²) in [5.41, 5.74) is 0. The maximum atomic E-state index is 12.7. The molecule has 0 aromatic carbocycles. The maximum Gasteiger partial charge on any atom is 0.230 e. The molecular weight excluding hydrogens is 292 g/mol. The highest BCUT2D eigenvalue weighted by atomic mass is 35.5. The van der Waals surface area contributed by atoms with Gasteiger partial charge in [0.25, 0.3) is 0 Å². The summed E-state index contributed by atoms with van der Waals surface area (Å²) >= 11 is 7.49. The van der Waals surface area contributed by atoms with Crippen molar-refractivity contribution in [3.8, 4) is 0 Å². The van der Waals surface area contributed by atoms with E-state index in [9.17, 15) is 4.79 Å². The fraction of sp³-hybridized carbons (Fsp3) is 0.667. The molecule has 20 heavy (non-hydrogen) atoms. The summed E-state index contributed by atoms with van der Waals surface area (Å²) in [4.78, 5) is 15.8. The molecule has 5 heteroatoms. The predicted molar refractivity (Wildman–Crippen MR) is 83.4 cm³/mol. The molecule has 3 atom stereocenters. The van der Waals surface area contributed by atoms with E-state index in [0.717, 1.165) is 60.1 Å². The van der Waals surface area contributed by atoms with Gasteiger partial charge in [0.15, 0.2) is 0 Å². The summed E-state index contributed by atoms with van der Waals surface area (Å²) < 4.78 is 0.760. The van der Waals surface area contributed by atoms with Gasteiger partial charge < -0.3 is 10.2 Å². The maximum absolute atomic E-state index is 12.7. The Morgan fingerprint density at radius 1 is 1.35 bits per heavy atom. The molecule has 2 aliphatic rings. The molecule has 2 saturated heterocycles. The van der Waals surface area contributed by atoms with Gasteiger partial charge >= 0.3 is 0 Å². The second-order valence-corrected chi connectivity index (χ2v) is 7.69. The number of fused-ring (bicyclic) bond motifs is 1. The fourth-order valence-corrected chi connectivity index (χ4v) is 4.50. The van der Waals surface area contributed by atoms with Crippen LogP contribution in [0.25, 0.3) is 0 Å². The number of amides is 1. The molecule has 0 saturated carbocycles. The highest BCUT2D eigenvalue weighted by Gasteiger charge is 2.32. The minimum absolute atomic E-state index is 0.0661. The lowest BCUT2D eigenvalue weighted by atomic mass is 9.92. The molecule has 2 aliphatic heterocycles. The van der Waals surface area contributed by atoms with Crippen molar-refractivity contribution >= 4 is 28.8 Å². The van der Waals surface area contributed by atoms with Crippen molar-refractivity contribution in [2.45, 2.75) is 25.7 Å². The zero-order valence-electron chi connectivity index (χ0n) is 11.8. The zero-order valence-corrected chi connectivity index (χ0v) is 13.3. The van der Waals surface area contributed by atoms with Crippen LogP contribution >= 0.6 is 22.9 Å². The standard InChI is InChI=1S/C15H21ClN2OS/c1-10(13-2-3-14(16)20-13)15(19)18-6-4-11-8-17-9-12(11)5-7-18/h2-3,10-12,17H,4-9H2,1H3/t10?,11-,12+. The van der Waals surface area contributed by atoms with Crippen LogP contribution in [0.15, 0.2) is 12.1 Å². The molecule has 3 heterocycles. The first-order valence-corrected chi connectivity index (χ1v) is 8.59. The number of hydrogen-bond acceptors (Lipinski definition) is 3. The second-order valence-electron chi connectivity index (χ2n) is 5.94. The molecule has 1 aromatic rings. The largest absolute Gasteiger partial charge is 0.342 e. The van der Waals surface area contributed by atoms with Gasteiger partial charge in [0.1, 0.15) is 0 Å². The summed E-state index contributed by atoms with van der Waals surface area (Å²) in [6.07, 6.45) is 2.28. The van der Waals surface area contributed by atoms with Crippen LogP contribution in [-0.2, 0) is 4.79 Å². The van der Waals surface area contributed by atoms with Crippen molar-refractivity contribution in [2.75, 3.05) is 26.2 Å². The van der Waals surface area contributed by atoms with Gasteiger partial charge in [-0.2, -0.15) is 0 Å². The number of carbonyl (C=O) groups is 1. The first-order chi connectivity index (χ1) is 9.65. The van der Waals surface area contributed by atoms with Crippen LogP contribution < -0.4 is 5.32 Å². The summed E-state index contributed by atoms with van der Waals surface area (Å²) in [7, 11) is 0. The number of rotatable bonds is 2. The number of halogens is 1. The minimum Gasteiger partial charge on any atom is -0.342 e. The van der Waals surface area contributed by atoms with Crippen molar-refractivity contribution < 1.29 is 4.79 Å². The molecule has 3 rings (SSSR count). The van der Waals surface area contributed by atoms with Crippen LogP contribution in [0, 0.1) is 11.8 Å². The molecule has 0 radical (unpaired) electrons. The van der Waals surface area contributed by atoms with E-state index in [1.165, 1.54) is 11.3 Å². The number of hydrogen-bond donors (Lipinski definition) is 1. The van der Waals surface area contributed by atoms with Crippen LogP contribution in [0.5, 0.6) is 0 Å². The van der Waals surface area contributed by atoms with E-state index in [1.54, 1.807) is 0 Å². The van der Waals surface area contributed by atoms with E-state index in [-0.39, 0.29) is 11.8 Å². The Morgan fingerprint density at radius 3 is 2.55 bits per heavy atom. The summed E-state index contributed by atoms with van der Waals surface area (Å²) in [5, 5.41) is 3.47. The van der Waals surface area contributed by atoms with E-state index >= 15 is 0 Å². The molecule has 0 aliphatic carbocycles. The Bertz CT molecular complexity index is 476. The SMILES string of the molecule is CC(C(=O)N1CC[C@@H]2CNC[C@@H]2CC1)c1ccc(Cl)s1. The Labute approximate surface area is 129 Å². The van der Waals surface area contributed by atoms with Crippen molar-refractivity contribution in [1.29, 1.82) is 0 Å². The molecule has 1 aromatic heterocycles. The van der Waals surface area contributed by atoms with E-state index in [2.05, 4.69) is 10.2 Å². The fourth-order valence-electron chi connectivity index (χ4n) is 3.40. The van der Waals surface area contributed by atoms with E-state index < -0.39 is 0 Å². The van der Waals surface area contributed by atoms with Crippen LogP contribution in [-0.4, -0.2) is 37.0 Å². The molecule has 0 bridgehead atoms. The van der Waals surface area contributed by atoms with Gasteiger partial charge in [0.05, 0.1) is 10.3 Å². The average Bonchev–Trinajstić information content (AvgIpc) is 3.02. The van der Waals surface area contributed by atoms with Gasteiger partial charge in [-0.25, -0.2) is 0 Å². The number of thiophene rings is 1. The number of nitrogens with zero attached hydrogens (tertiary/aromatic N) is 1. The molecular formula is C15H21ClN2OS. The minimum atomic E-state index is -0.0661. The number of carbonyl (C=O) groups excluding carboxylic acids is 1. The number of likely N-dealkylation sites (tertiary alicyclic amines) is 1. The molecule has 1 unspecified atom stereocenters. The topological polar surface area (TPSA) is 32.3 Å². The van der Waals surface area contributed by atoms with Crippen LogP contribution in [0.3, 0.4) is 0 Å². The Morgan fingerprint density at radius 2 is 2.00 bits per heavy atom. The lowest BCUT2D eigenvalue weighted by molar-refractivity contribution is -0.132. The predicted octanol–water partition coefficient (Wildman–Crippen LogP) is 2.96. The molecule has 1 amide bonds. The molecule has 110 valence electrons. The zero-order chi connectivity index (χ0) is 14.1. The molecule has 1 N–H and O–H groups in total. The molecule has 0 spiro atoms. The first-order valence-electron chi connectivity index (χ1n) is 7.40. The van der Waals surface area contributed by atoms with E-state index in [1.807, 2.05) is 19.1 Å². The Hall–Kier alpha value is -0.580. The molecule has 2 fully saturated rings. The lowest BCUT2D eigenvalue weighted by Gasteiger charge is -2.24. The summed E-state index contributed by atoms with van der Waals surface area (Å²) in [6, 6.07) is 3.86. The Balaban J connectivity index is 1.65. The molecule has 3 nitrogen and oxygen atoms in total. The van der Waals surface area contributed by atoms with Crippen molar-refractivity contribution in [2.24, 2.45) is 11.8 Å². The highest BCUT2D eigenvalue weighted by Crippen LogP contribution is 2.31. The first kappa shape index (κ1) is 14.4. The van der Waals surface area contributed by atoms with E-state index in [4.69, 9.17) is 11.6 Å². The third-order valence-electron chi connectivity index (χ3n) is 4.72. The quantitative estimate of drug-likeness (QED) is 0.910. The van der Waals surface area contributed by atoms with Gasteiger partial charge in [-0.3, -0.25) is 4.79 Å². The lowest BCUT2D eigenvalue weighted by Crippen LogP contribution is -2.35. The number of nitrogens with one attached hydrogen (secondary N) is 1. The van der Waals surface area contributed by atoms with Crippen molar-refractivity contribution in [3.63, 3.8) is 0 Å². The van der Waals surface area contributed by atoms with Crippen LogP contribution in [0.2, 0.25) is 4.34 Å². The van der Waals surface area contributed by atoms with Crippen LogP contribution in [0.1, 0.15) is 30.6 Å². The van der Waals surface area contributed by atoms with Gasteiger partial charge in [-0.1, -0.05) is 11.6 Å². The average molecular weight is 313 g/mol. The smallest absolute Gasteiger partial charge is 0.230 e. The third kappa shape index (κ3) is 2.87. The third-order valence-corrected chi connectivity index (χ3v) is 6.14. The van der Waals surface area contributed by atoms with Crippen molar-refractivity contribution in [1.82, 2.24) is 10.2 Å². The van der Waals surface area contributed by atoms with E-state index in [0.29, 0.717) is 0 Å². The normalized spacial score (nSPS) is 28.0. The van der Waals surface area contributed by atoms with Gasteiger partial charge in [0.2, 0.25) is 5.91 Å². The van der Waals surface area contributed by atoms with Gasteiger partial charge in [-0.05, 0) is 56.8 Å². The second kappa shape index (κ2) is 6.04. The summed E-state index contributed by atoms with van der Waals surface area (Å²) in [5.74, 6) is 1.72. The van der Waals surface area contributed by atoms with Gasteiger partial charge in [0, 0.05) is 18.0 Å². The summed E-state index contributed by atoms with van der Waals surface area (Å²) in [6.45, 7) is 6.07.